The first-order valence-electron chi connectivity index (χ1n) is 9.89. The number of carbonyl (C=O) groups excluding carboxylic acids is 1. The molecule has 0 fully saturated rings. The van der Waals surface area contributed by atoms with Gasteiger partial charge in [-0.05, 0) is 17.2 Å². The first kappa shape index (κ1) is 19.9. The monoisotopic (exact) mass is 404 g/mol. The second-order valence-electron chi connectivity index (χ2n) is 7.13. The van der Waals surface area contributed by atoms with Crippen molar-refractivity contribution in [1.29, 1.82) is 0 Å². The van der Waals surface area contributed by atoms with Gasteiger partial charge in [-0.3, -0.25) is 4.79 Å². The highest BCUT2D eigenvalue weighted by Crippen LogP contribution is 2.39. The maximum Gasteiger partial charge on any atom is 0.262 e. The van der Waals surface area contributed by atoms with Crippen LogP contribution in [-0.2, 0) is 17.9 Å². The lowest BCUT2D eigenvalue weighted by Gasteiger charge is -2.24. The van der Waals surface area contributed by atoms with Gasteiger partial charge in [-0.15, -0.1) is 0 Å². The number of rotatable bonds is 8. The number of carbonyl (C=O) groups is 1. The van der Waals surface area contributed by atoms with Crippen molar-refractivity contribution in [2.45, 2.75) is 19.3 Å². The van der Waals surface area contributed by atoms with Crippen molar-refractivity contribution >= 4 is 11.6 Å². The average Bonchev–Trinajstić information content (AvgIpc) is 2.78. The first-order valence-corrected chi connectivity index (χ1v) is 9.89. The van der Waals surface area contributed by atoms with Crippen LogP contribution in [0.15, 0.2) is 72.8 Å². The van der Waals surface area contributed by atoms with Gasteiger partial charge in [-0.1, -0.05) is 60.7 Å². The molecule has 0 saturated heterocycles. The number of nitrogens with one attached hydrogen (secondary N) is 2. The Hall–Kier alpha value is -3.35. The van der Waals surface area contributed by atoms with E-state index in [-0.39, 0.29) is 12.5 Å². The molecule has 6 nitrogen and oxygen atoms in total. The number of hydrogen-bond acceptors (Lipinski definition) is 5. The molecule has 6 heteroatoms. The lowest BCUT2D eigenvalue weighted by Crippen LogP contribution is -2.28. The van der Waals surface area contributed by atoms with Crippen LogP contribution in [0.3, 0.4) is 0 Å². The number of anilines is 1. The Morgan fingerprint density at radius 3 is 2.47 bits per heavy atom. The number of fused-ring (bicyclic) bond motifs is 1. The molecule has 3 aromatic rings. The average molecular weight is 404 g/mol. The zero-order valence-electron chi connectivity index (χ0n) is 16.5. The molecule has 1 aliphatic rings. The van der Waals surface area contributed by atoms with Gasteiger partial charge in [-0.25, -0.2) is 0 Å². The zero-order valence-corrected chi connectivity index (χ0v) is 16.5. The Labute approximate surface area is 175 Å². The van der Waals surface area contributed by atoms with Crippen LogP contribution in [-0.4, -0.2) is 24.2 Å². The molecule has 1 heterocycles. The van der Waals surface area contributed by atoms with Gasteiger partial charge in [0.2, 0.25) is 0 Å². The highest BCUT2D eigenvalue weighted by molar-refractivity contribution is 5.96. The molecular weight excluding hydrogens is 380 g/mol. The molecule has 1 amide bonds. The van der Waals surface area contributed by atoms with Crippen molar-refractivity contribution in [2.75, 3.05) is 18.5 Å². The minimum atomic E-state index is -0.822. The molecule has 0 radical (unpaired) electrons. The molecule has 1 atom stereocenters. The van der Waals surface area contributed by atoms with Crippen molar-refractivity contribution < 1.29 is 19.4 Å². The predicted molar refractivity (Wildman–Crippen MR) is 114 cm³/mol. The summed E-state index contributed by atoms with van der Waals surface area (Å²) in [6.45, 7) is 1.28. The van der Waals surface area contributed by atoms with Gasteiger partial charge in [0.1, 0.15) is 18.1 Å². The van der Waals surface area contributed by atoms with Crippen LogP contribution in [0.2, 0.25) is 0 Å². The molecule has 4 rings (SSSR count). The van der Waals surface area contributed by atoms with Gasteiger partial charge in [0, 0.05) is 24.7 Å². The van der Waals surface area contributed by atoms with Gasteiger partial charge in [0.25, 0.3) is 5.91 Å². The number of aliphatic hydroxyl groups is 1. The topological polar surface area (TPSA) is 79.8 Å². The second-order valence-corrected chi connectivity index (χ2v) is 7.13. The molecule has 154 valence electrons. The van der Waals surface area contributed by atoms with E-state index in [9.17, 15) is 9.90 Å². The van der Waals surface area contributed by atoms with Crippen molar-refractivity contribution in [3.8, 4) is 11.5 Å². The SMILES string of the molecule is O=C1COc2c(cc(OCc3ccccc3)cc2[C@@H](O)CNCc2ccccc2)N1. The number of benzene rings is 3. The highest BCUT2D eigenvalue weighted by atomic mass is 16.5. The van der Waals surface area contributed by atoms with E-state index in [1.165, 1.54) is 0 Å². The van der Waals surface area contributed by atoms with Crippen LogP contribution >= 0.6 is 0 Å². The second kappa shape index (κ2) is 9.43. The molecular formula is C24H24N2O4. The highest BCUT2D eigenvalue weighted by Gasteiger charge is 2.24. The van der Waals surface area contributed by atoms with Crippen LogP contribution < -0.4 is 20.1 Å². The summed E-state index contributed by atoms with van der Waals surface area (Å²) in [6.07, 6.45) is -0.822. The smallest absolute Gasteiger partial charge is 0.262 e. The summed E-state index contributed by atoms with van der Waals surface area (Å²) >= 11 is 0. The lowest BCUT2D eigenvalue weighted by molar-refractivity contribution is -0.118. The zero-order chi connectivity index (χ0) is 20.8. The van der Waals surface area contributed by atoms with E-state index in [1.807, 2.05) is 60.7 Å². The van der Waals surface area contributed by atoms with Gasteiger partial charge >= 0.3 is 0 Å². The number of amides is 1. The molecule has 3 aromatic carbocycles. The molecule has 0 unspecified atom stereocenters. The van der Waals surface area contributed by atoms with Crippen molar-refractivity contribution in [3.63, 3.8) is 0 Å². The normalized spacial score (nSPS) is 13.7. The van der Waals surface area contributed by atoms with Gasteiger partial charge in [0.05, 0.1) is 11.8 Å². The summed E-state index contributed by atoms with van der Waals surface area (Å²) in [6, 6.07) is 23.3. The van der Waals surface area contributed by atoms with Crippen molar-refractivity contribution in [1.82, 2.24) is 5.32 Å². The number of hydrogen-bond donors (Lipinski definition) is 3. The Morgan fingerprint density at radius 2 is 1.73 bits per heavy atom. The summed E-state index contributed by atoms with van der Waals surface area (Å²) in [5, 5.41) is 16.9. The minimum Gasteiger partial charge on any atom is -0.489 e. The third kappa shape index (κ3) is 4.97. The number of ether oxygens (including phenoxy) is 2. The third-order valence-corrected chi connectivity index (χ3v) is 4.83. The van der Waals surface area contributed by atoms with Crippen LogP contribution in [0.25, 0.3) is 0 Å². The fourth-order valence-electron chi connectivity index (χ4n) is 3.33. The first-order chi connectivity index (χ1) is 14.7. The van der Waals surface area contributed by atoms with E-state index < -0.39 is 6.10 Å². The van der Waals surface area contributed by atoms with Crippen LogP contribution in [0.4, 0.5) is 5.69 Å². The summed E-state index contributed by atoms with van der Waals surface area (Å²) in [7, 11) is 0. The van der Waals surface area contributed by atoms with Gasteiger partial charge < -0.3 is 25.2 Å². The van der Waals surface area contributed by atoms with E-state index in [2.05, 4.69) is 10.6 Å². The largest absolute Gasteiger partial charge is 0.489 e. The third-order valence-electron chi connectivity index (χ3n) is 4.83. The Bertz CT molecular complexity index is 993. The molecule has 0 aliphatic carbocycles. The molecule has 1 aliphatic heterocycles. The molecule has 0 aromatic heterocycles. The molecule has 0 saturated carbocycles. The maximum atomic E-state index is 11.8. The molecule has 0 spiro atoms. The number of aliphatic hydroxyl groups excluding tert-OH is 1. The summed E-state index contributed by atoms with van der Waals surface area (Å²) < 4.78 is 11.5. The van der Waals surface area contributed by atoms with Crippen molar-refractivity contribution in [2.24, 2.45) is 0 Å². The van der Waals surface area contributed by atoms with E-state index in [0.29, 0.717) is 42.4 Å². The van der Waals surface area contributed by atoms with Crippen LogP contribution in [0.1, 0.15) is 22.8 Å². The predicted octanol–water partition coefficient (Wildman–Crippen LogP) is 3.42. The van der Waals surface area contributed by atoms with E-state index in [0.717, 1.165) is 11.1 Å². The quantitative estimate of drug-likeness (QED) is 0.536. The standard InChI is InChI=1S/C24H24N2O4/c27-22(14-25-13-17-7-3-1-4-8-17)20-11-19(29-15-18-9-5-2-6-10-18)12-21-24(20)30-16-23(28)26-21/h1-12,22,25,27H,13-16H2,(H,26,28)/t22-/m0/s1. The van der Waals surface area contributed by atoms with Crippen molar-refractivity contribution in [3.05, 3.63) is 89.5 Å². The maximum absolute atomic E-state index is 11.8. The Morgan fingerprint density at radius 1 is 1.03 bits per heavy atom. The fraction of sp³-hybridized carbons (Fsp3) is 0.208. The fourth-order valence-corrected chi connectivity index (χ4v) is 3.33. The van der Waals surface area contributed by atoms with E-state index in [1.54, 1.807) is 12.1 Å². The van der Waals surface area contributed by atoms with Gasteiger partial charge in [0.15, 0.2) is 6.61 Å². The van der Waals surface area contributed by atoms with E-state index >= 15 is 0 Å². The summed E-state index contributed by atoms with van der Waals surface area (Å²) in [5.41, 5.74) is 3.25. The molecule has 3 N–H and O–H groups in total. The Kier molecular flexibility index (Phi) is 6.27. The summed E-state index contributed by atoms with van der Waals surface area (Å²) in [4.78, 5) is 11.8. The van der Waals surface area contributed by atoms with Gasteiger partial charge in [-0.2, -0.15) is 0 Å². The van der Waals surface area contributed by atoms with E-state index in [4.69, 9.17) is 9.47 Å². The lowest BCUT2D eigenvalue weighted by atomic mass is 10.0. The minimum absolute atomic E-state index is 0.0750. The Balaban J connectivity index is 1.49. The van der Waals surface area contributed by atoms with Crippen LogP contribution in [0.5, 0.6) is 11.5 Å². The summed E-state index contributed by atoms with van der Waals surface area (Å²) in [5.74, 6) is 0.807. The van der Waals surface area contributed by atoms with Crippen LogP contribution in [0, 0.1) is 0 Å². The molecule has 0 bridgehead atoms. The molecule has 30 heavy (non-hydrogen) atoms.